The van der Waals surface area contributed by atoms with Crippen molar-refractivity contribution in [2.24, 2.45) is 7.05 Å². The Morgan fingerprint density at radius 2 is 2.11 bits per heavy atom. The van der Waals surface area contributed by atoms with Gasteiger partial charge in [0.2, 0.25) is 5.95 Å². The summed E-state index contributed by atoms with van der Waals surface area (Å²) in [6.45, 7) is 4.09. The van der Waals surface area contributed by atoms with Gasteiger partial charge in [-0.1, -0.05) is 13.0 Å². The summed E-state index contributed by atoms with van der Waals surface area (Å²) in [5.41, 5.74) is 3.86. The lowest BCUT2D eigenvalue weighted by Crippen LogP contribution is -1.96. The van der Waals surface area contributed by atoms with E-state index in [4.69, 9.17) is 0 Å². The minimum Gasteiger partial charge on any atom is -0.320 e. The number of hydrogen-bond donors (Lipinski definition) is 1. The highest BCUT2D eigenvalue weighted by atomic mass is 15.4. The maximum atomic E-state index is 4.46. The normalized spacial score (nSPS) is 11.1. The van der Waals surface area contributed by atoms with Crippen molar-refractivity contribution in [3.05, 3.63) is 35.8 Å². The zero-order chi connectivity index (χ0) is 13.4. The van der Waals surface area contributed by atoms with Crippen LogP contribution in [0.5, 0.6) is 0 Å². The third kappa shape index (κ3) is 2.05. The van der Waals surface area contributed by atoms with Crippen molar-refractivity contribution in [2.45, 2.75) is 20.3 Å². The van der Waals surface area contributed by atoms with Crippen LogP contribution >= 0.6 is 0 Å². The molecule has 0 aliphatic carbocycles. The van der Waals surface area contributed by atoms with Crippen LogP contribution in [0.25, 0.3) is 5.65 Å². The summed E-state index contributed by atoms with van der Waals surface area (Å²) in [4.78, 5) is 4.46. The minimum absolute atomic E-state index is 0.594. The number of aryl methyl sites for hydroxylation is 3. The summed E-state index contributed by atoms with van der Waals surface area (Å²) < 4.78 is 3.62. The third-order valence-corrected chi connectivity index (χ3v) is 3.04. The van der Waals surface area contributed by atoms with E-state index in [0.717, 1.165) is 29.1 Å². The second-order valence-corrected chi connectivity index (χ2v) is 4.51. The molecule has 0 bridgehead atoms. The molecule has 0 aliphatic rings. The molecule has 3 aromatic rings. The van der Waals surface area contributed by atoms with Crippen LogP contribution in [0.3, 0.4) is 0 Å². The van der Waals surface area contributed by atoms with E-state index >= 15 is 0 Å². The third-order valence-electron chi connectivity index (χ3n) is 3.04. The lowest BCUT2D eigenvalue weighted by Gasteiger charge is -1.99. The molecule has 0 saturated carbocycles. The molecular formula is C13H16N6. The highest BCUT2D eigenvalue weighted by Crippen LogP contribution is 2.18. The summed E-state index contributed by atoms with van der Waals surface area (Å²) in [7, 11) is 1.91. The van der Waals surface area contributed by atoms with Gasteiger partial charge in [0, 0.05) is 18.9 Å². The maximum absolute atomic E-state index is 4.46. The quantitative estimate of drug-likeness (QED) is 0.779. The van der Waals surface area contributed by atoms with E-state index < -0.39 is 0 Å². The predicted molar refractivity (Wildman–Crippen MR) is 73.6 cm³/mol. The maximum Gasteiger partial charge on any atom is 0.247 e. The van der Waals surface area contributed by atoms with E-state index in [2.05, 4.69) is 27.4 Å². The van der Waals surface area contributed by atoms with Gasteiger partial charge in [0.05, 0.1) is 11.4 Å². The van der Waals surface area contributed by atoms with Crippen molar-refractivity contribution < 1.29 is 0 Å². The fourth-order valence-electron chi connectivity index (χ4n) is 2.11. The summed E-state index contributed by atoms with van der Waals surface area (Å²) >= 11 is 0. The number of rotatable bonds is 3. The van der Waals surface area contributed by atoms with Crippen LogP contribution < -0.4 is 5.32 Å². The average Bonchev–Trinajstić information content (AvgIpc) is 2.94. The van der Waals surface area contributed by atoms with Crippen LogP contribution in [0.15, 0.2) is 24.4 Å². The standard InChI is InChI=1S/C13H16N6/c1-4-10-11(8-18(3)16-10)14-13-15-12-7-5-6-9(2)19(12)17-13/h5-8H,4H2,1-3H3,(H,14,17). The first-order valence-electron chi connectivity index (χ1n) is 6.29. The van der Waals surface area contributed by atoms with E-state index in [1.807, 2.05) is 42.9 Å². The number of aromatic nitrogens is 5. The van der Waals surface area contributed by atoms with Crippen LogP contribution in [0.4, 0.5) is 11.6 Å². The number of nitrogens with one attached hydrogen (secondary N) is 1. The van der Waals surface area contributed by atoms with Crippen molar-refractivity contribution in [3.63, 3.8) is 0 Å². The molecule has 1 N–H and O–H groups in total. The minimum atomic E-state index is 0.594. The van der Waals surface area contributed by atoms with Gasteiger partial charge in [0.25, 0.3) is 0 Å². The van der Waals surface area contributed by atoms with E-state index in [-0.39, 0.29) is 0 Å². The molecule has 98 valence electrons. The van der Waals surface area contributed by atoms with Crippen LogP contribution in [-0.4, -0.2) is 24.4 Å². The van der Waals surface area contributed by atoms with Crippen LogP contribution in [0.1, 0.15) is 18.3 Å². The van der Waals surface area contributed by atoms with Crippen LogP contribution in [0.2, 0.25) is 0 Å². The Bertz CT molecular complexity index is 724. The molecular weight excluding hydrogens is 240 g/mol. The van der Waals surface area contributed by atoms with Gasteiger partial charge in [-0.2, -0.15) is 10.1 Å². The number of nitrogens with zero attached hydrogens (tertiary/aromatic N) is 5. The molecule has 0 spiro atoms. The number of pyridine rings is 1. The van der Waals surface area contributed by atoms with Crippen molar-refractivity contribution in [1.29, 1.82) is 0 Å². The Hall–Kier alpha value is -2.37. The van der Waals surface area contributed by atoms with Crippen molar-refractivity contribution >= 4 is 17.3 Å². The van der Waals surface area contributed by atoms with Crippen molar-refractivity contribution in [1.82, 2.24) is 24.4 Å². The van der Waals surface area contributed by atoms with Crippen molar-refractivity contribution in [3.8, 4) is 0 Å². The number of fused-ring (bicyclic) bond motifs is 1. The van der Waals surface area contributed by atoms with Gasteiger partial charge in [-0.15, -0.1) is 5.10 Å². The Kier molecular flexibility index (Phi) is 2.70. The Morgan fingerprint density at radius 3 is 2.84 bits per heavy atom. The summed E-state index contributed by atoms with van der Waals surface area (Å²) in [5.74, 6) is 0.594. The molecule has 0 aliphatic heterocycles. The SMILES string of the molecule is CCc1nn(C)cc1Nc1nc2cccc(C)n2n1. The van der Waals surface area contributed by atoms with Crippen LogP contribution in [-0.2, 0) is 13.5 Å². The smallest absolute Gasteiger partial charge is 0.247 e. The van der Waals surface area contributed by atoms with Crippen molar-refractivity contribution in [2.75, 3.05) is 5.32 Å². The fourth-order valence-corrected chi connectivity index (χ4v) is 2.11. The monoisotopic (exact) mass is 256 g/mol. The predicted octanol–water partition coefficient (Wildman–Crippen LogP) is 2.08. The highest BCUT2D eigenvalue weighted by molar-refractivity contribution is 5.57. The Balaban J connectivity index is 1.99. The molecule has 3 heterocycles. The van der Waals surface area contributed by atoms with E-state index in [1.54, 1.807) is 4.68 Å². The van der Waals surface area contributed by atoms with Gasteiger partial charge in [-0.3, -0.25) is 4.68 Å². The molecule has 0 aromatic carbocycles. The molecule has 0 saturated heterocycles. The van der Waals surface area contributed by atoms with Gasteiger partial charge < -0.3 is 5.32 Å². The topological polar surface area (TPSA) is 60.0 Å². The molecule has 0 atom stereocenters. The highest BCUT2D eigenvalue weighted by Gasteiger charge is 2.10. The van der Waals surface area contributed by atoms with Gasteiger partial charge >= 0.3 is 0 Å². The van der Waals surface area contributed by atoms with Crippen LogP contribution in [0, 0.1) is 6.92 Å². The van der Waals surface area contributed by atoms with Gasteiger partial charge in [0.15, 0.2) is 5.65 Å². The average molecular weight is 256 g/mol. The lowest BCUT2D eigenvalue weighted by atomic mass is 10.3. The molecule has 3 rings (SSSR count). The van der Waals surface area contributed by atoms with Gasteiger partial charge in [-0.05, 0) is 25.5 Å². The van der Waals surface area contributed by atoms with Gasteiger partial charge in [-0.25, -0.2) is 4.52 Å². The molecule has 6 heteroatoms. The molecule has 19 heavy (non-hydrogen) atoms. The second-order valence-electron chi connectivity index (χ2n) is 4.51. The van der Waals surface area contributed by atoms with E-state index in [1.165, 1.54) is 0 Å². The molecule has 6 nitrogen and oxygen atoms in total. The summed E-state index contributed by atoms with van der Waals surface area (Å²) in [5, 5.41) is 12.1. The number of anilines is 2. The Labute approximate surface area is 111 Å². The lowest BCUT2D eigenvalue weighted by molar-refractivity contribution is 0.746. The largest absolute Gasteiger partial charge is 0.320 e. The molecule has 0 fully saturated rings. The number of hydrogen-bond acceptors (Lipinski definition) is 4. The first-order chi connectivity index (χ1) is 9.17. The van der Waals surface area contributed by atoms with E-state index in [9.17, 15) is 0 Å². The second kappa shape index (κ2) is 4.38. The summed E-state index contributed by atoms with van der Waals surface area (Å²) in [6.07, 6.45) is 2.81. The first kappa shape index (κ1) is 11.7. The zero-order valence-corrected chi connectivity index (χ0v) is 11.3. The fraction of sp³-hybridized carbons (Fsp3) is 0.308. The zero-order valence-electron chi connectivity index (χ0n) is 11.3. The summed E-state index contributed by atoms with van der Waals surface area (Å²) in [6, 6.07) is 5.92. The van der Waals surface area contributed by atoms with E-state index in [0.29, 0.717) is 5.95 Å². The van der Waals surface area contributed by atoms with Gasteiger partial charge in [0.1, 0.15) is 0 Å². The first-order valence-corrected chi connectivity index (χ1v) is 6.29. The molecule has 0 unspecified atom stereocenters. The molecule has 3 aromatic heterocycles. The molecule has 0 amide bonds. The Morgan fingerprint density at radius 1 is 1.26 bits per heavy atom. The molecule has 0 radical (unpaired) electrons.